The molecular formula is C41H55Cl2N3O7. The van der Waals surface area contributed by atoms with Crippen molar-refractivity contribution in [3.8, 4) is 11.8 Å². The number of ether oxygens (including phenoxy) is 2. The lowest BCUT2D eigenvalue weighted by Gasteiger charge is -2.22. The van der Waals surface area contributed by atoms with E-state index in [4.69, 9.17) is 32.7 Å². The molecule has 1 aliphatic rings. The van der Waals surface area contributed by atoms with Crippen LogP contribution in [0, 0.1) is 5.41 Å². The van der Waals surface area contributed by atoms with Crippen LogP contribution in [0.2, 0.25) is 10.0 Å². The predicted octanol–water partition coefficient (Wildman–Crippen LogP) is 9.91. The fourth-order valence-corrected chi connectivity index (χ4v) is 7.21. The number of halogens is 2. The Bertz CT molecular complexity index is 1730. The second-order valence-electron chi connectivity index (χ2n) is 14.0. The minimum absolute atomic E-state index is 0.00110. The summed E-state index contributed by atoms with van der Waals surface area (Å²) in [4.78, 5) is 55.4. The first-order valence-corrected chi connectivity index (χ1v) is 20.1. The highest BCUT2D eigenvalue weighted by Gasteiger charge is 2.53. The number of hydrogen-bond acceptors (Lipinski definition) is 7. The smallest absolute Gasteiger partial charge is 0.339 e. The van der Waals surface area contributed by atoms with Crippen molar-refractivity contribution in [1.82, 2.24) is 9.13 Å². The van der Waals surface area contributed by atoms with Crippen LogP contribution in [-0.4, -0.2) is 45.1 Å². The molecule has 1 aliphatic carbocycles. The third kappa shape index (κ3) is 11.1. The molecule has 0 aliphatic heterocycles. The molecule has 3 aromatic rings. The van der Waals surface area contributed by atoms with Gasteiger partial charge < -0.3 is 19.9 Å². The topological polar surface area (TPSA) is 129 Å². The number of aromatic nitrogens is 2. The molecule has 2 N–H and O–H groups in total. The average Bonchev–Trinajstić information content (AvgIpc) is 3.92. The van der Waals surface area contributed by atoms with Crippen molar-refractivity contribution in [2.75, 3.05) is 18.5 Å². The summed E-state index contributed by atoms with van der Waals surface area (Å²) in [5, 5.41) is 14.1. The van der Waals surface area contributed by atoms with Gasteiger partial charge in [-0.15, -0.1) is 0 Å². The largest absolute Gasteiger partial charge is 0.491 e. The Kier molecular flexibility index (Phi) is 16.3. The Hall–Kier alpha value is -3.76. The summed E-state index contributed by atoms with van der Waals surface area (Å²) in [6.07, 6.45) is 15.8. The Morgan fingerprint density at radius 2 is 1.47 bits per heavy atom. The zero-order chi connectivity index (χ0) is 38.4. The first-order valence-electron chi connectivity index (χ1n) is 19.3. The highest BCUT2D eigenvalue weighted by Crippen LogP contribution is 2.52. The van der Waals surface area contributed by atoms with Crippen LogP contribution in [0.15, 0.2) is 47.3 Å². The van der Waals surface area contributed by atoms with Gasteiger partial charge in [0.05, 0.1) is 41.1 Å². The number of aromatic hydroxyl groups is 1. The van der Waals surface area contributed by atoms with Crippen molar-refractivity contribution >= 4 is 46.5 Å². The summed E-state index contributed by atoms with van der Waals surface area (Å²) in [6.45, 7) is 6.15. The molecule has 0 radical (unpaired) electrons. The summed E-state index contributed by atoms with van der Waals surface area (Å²) < 4.78 is 13.2. The second-order valence-corrected chi connectivity index (χ2v) is 14.8. The summed E-state index contributed by atoms with van der Waals surface area (Å²) in [7, 11) is 0. The van der Waals surface area contributed by atoms with Crippen molar-refractivity contribution in [2.24, 2.45) is 5.41 Å². The van der Waals surface area contributed by atoms with Crippen molar-refractivity contribution < 1.29 is 29.0 Å². The number of rotatable bonds is 24. The number of Topliss-reactive ketones (excluding diaryl/α,β-unsaturated/α-hetero) is 1. The van der Waals surface area contributed by atoms with Gasteiger partial charge in [-0.05, 0) is 50.3 Å². The Morgan fingerprint density at radius 3 is 2.04 bits per heavy atom. The quantitative estimate of drug-likeness (QED) is 0.0527. The average molecular weight is 773 g/mol. The molecule has 1 aromatic heterocycles. The molecule has 2 aromatic carbocycles. The van der Waals surface area contributed by atoms with E-state index in [1.807, 2.05) is 37.3 Å². The number of nitrogens with one attached hydrogen (secondary N) is 1. The third-order valence-electron chi connectivity index (χ3n) is 10.1. The number of hydrogen-bond donors (Lipinski definition) is 2. The van der Waals surface area contributed by atoms with Gasteiger partial charge in [0, 0.05) is 5.41 Å². The van der Waals surface area contributed by atoms with E-state index in [2.05, 4.69) is 12.2 Å². The van der Waals surface area contributed by atoms with Gasteiger partial charge in [-0.25, -0.2) is 14.2 Å². The maximum Gasteiger partial charge on any atom is 0.339 e. The Labute approximate surface area is 323 Å². The highest BCUT2D eigenvalue weighted by molar-refractivity contribution is 6.38. The minimum Gasteiger partial charge on any atom is -0.491 e. The van der Waals surface area contributed by atoms with Gasteiger partial charge >= 0.3 is 11.7 Å². The minimum atomic E-state index is -1.76. The summed E-state index contributed by atoms with van der Waals surface area (Å²) in [5.41, 5.74) is -0.877. The summed E-state index contributed by atoms with van der Waals surface area (Å²) in [6, 6.07) is 9.95. The molecule has 1 atom stereocenters. The SMILES string of the molecule is CCCCCCCCCCCCCCOC(=O)c1cc(NC(=O)C(C(=O)C2(CC)CC2)n2c(O)c(OCC)n(Cc3ccccc3)c2=O)c(Cl)cc1Cl. The molecule has 1 saturated carbocycles. The van der Waals surface area contributed by atoms with Crippen LogP contribution in [0.5, 0.6) is 11.8 Å². The molecule has 4 rings (SSSR count). The lowest BCUT2D eigenvalue weighted by Crippen LogP contribution is -2.41. The zero-order valence-electron chi connectivity index (χ0n) is 31.4. The lowest BCUT2D eigenvalue weighted by molar-refractivity contribution is -0.134. The third-order valence-corrected chi connectivity index (χ3v) is 10.8. The molecule has 12 heteroatoms. The van der Waals surface area contributed by atoms with Crippen LogP contribution in [-0.2, 0) is 20.9 Å². The molecule has 0 saturated heterocycles. The highest BCUT2D eigenvalue weighted by atomic mass is 35.5. The maximum absolute atomic E-state index is 14.2. The van der Waals surface area contributed by atoms with Gasteiger partial charge in [-0.1, -0.05) is 138 Å². The molecule has 0 bridgehead atoms. The number of imidazole rings is 1. The zero-order valence-corrected chi connectivity index (χ0v) is 32.9. The molecule has 1 fully saturated rings. The predicted molar refractivity (Wildman–Crippen MR) is 210 cm³/mol. The standard InChI is InChI=1S/C41H55Cl2N3O7/c1-4-7-8-9-10-11-12-13-14-15-16-20-25-53-39(50)30-26-33(32(43)27-31(30)42)44-36(48)34(35(47)41(5-2)23-24-41)46-37(49)38(52-6-3)45(40(46)51)28-29-21-18-17-19-22-29/h17-19,21-22,26-27,34,49H,4-16,20,23-25,28H2,1-3H3,(H,44,48). The number of ketones is 1. The lowest BCUT2D eigenvalue weighted by atomic mass is 9.91. The van der Waals surface area contributed by atoms with E-state index in [0.29, 0.717) is 25.7 Å². The molecule has 10 nitrogen and oxygen atoms in total. The van der Waals surface area contributed by atoms with Gasteiger partial charge in [0.2, 0.25) is 0 Å². The van der Waals surface area contributed by atoms with Crippen LogP contribution in [0.1, 0.15) is 139 Å². The van der Waals surface area contributed by atoms with Crippen LogP contribution in [0.3, 0.4) is 0 Å². The van der Waals surface area contributed by atoms with E-state index < -0.39 is 40.7 Å². The second kappa shape index (κ2) is 20.6. The van der Waals surface area contributed by atoms with Gasteiger partial charge in [0.15, 0.2) is 11.8 Å². The van der Waals surface area contributed by atoms with Crippen LogP contribution in [0.4, 0.5) is 5.69 Å². The van der Waals surface area contributed by atoms with Crippen LogP contribution < -0.4 is 15.7 Å². The molecule has 1 heterocycles. The Morgan fingerprint density at radius 1 is 0.868 bits per heavy atom. The first kappa shape index (κ1) is 42.0. The fraction of sp³-hybridized carbons (Fsp3) is 0.561. The maximum atomic E-state index is 14.2. The van der Waals surface area contributed by atoms with E-state index in [1.165, 1.54) is 68.1 Å². The van der Waals surface area contributed by atoms with Crippen molar-refractivity contribution in [3.05, 3.63) is 74.1 Å². The van der Waals surface area contributed by atoms with Gasteiger partial charge in [-0.3, -0.25) is 14.2 Å². The van der Waals surface area contributed by atoms with Gasteiger partial charge in [0.25, 0.3) is 17.7 Å². The normalized spacial score (nSPS) is 13.8. The van der Waals surface area contributed by atoms with Crippen molar-refractivity contribution in [3.63, 3.8) is 0 Å². The van der Waals surface area contributed by atoms with E-state index in [9.17, 15) is 24.3 Å². The summed E-state index contributed by atoms with van der Waals surface area (Å²) in [5.74, 6) is -2.89. The van der Waals surface area contributed by atoms with Gasteiger partial charge in [0.1, 0.15) is 0 Å². The number of unbranched alkanes of at least 4 members (excludes halogenated alkanes) is 11. The van der Waals surface area contributed by atoms with E-state index in [0.717, 1.165) is 29.4 Å². The molecule has 53 heavy (non-hydrogen) atoms. The molecule has 290 valence electrons. The number of carbonyl (C=O) groups excluding carboxylic acids is 3. The van der Waals surface area contributed by atoms with E-state index in [1.54, 1.807) is 6.92 Å². The number of amides is 1. The molecular weight excluding hydrogens is 717 g/mol. The van der Waals surface area contributed by atoms with Crippen molar-refractivity contribution in [1.29, 1.82) is 0 Å². The number of benzene rings is 2. The fourth-order valence-electron chi connectivity index (χ4n) is 6.71. The Balaban J connectivity index is 1.46. The number of nitrogens with zero attached hydrogens (tertiary/aromatic N) is 2. The van der Waals surface area contributed by atoms with Crippen LogP contribution >= 0.6 is 23.2 Å². The summed E-state index contributed by atoms with van der Waals surface area (Å²) >= 11 is 12.9. The monoisotopic (exact) mass is 771 g/mol. The molecule has 1 unspecified atom stereocenters. The first-order chi connectivity index (χ1) is 25.6. The number of carbonyl (C=O) groups is 3. The van der Waals surface area contributed by atoms with Crippen molar-refractivity contribution in [2.45, 2.75) is 130 Å². The number of esters is 1. The van der Waals surface area contributed by atoms with Gasteiger partial charge in [-0.2, -0.15) is 0 Å². The molecule has 1 amide bonds. The number of anilines is 1. The van der Waals surface area contributed by atoms with E-state index >= 15 is 0 Å². The molecule has 0 spiro atoms. The van der Waals surface area contributed by atoms with E-state index in [-0.39, 0.29) is 46.9 Å². The van der Waals surface area contributed by atoms with Crippen LogP contribution in [0.25, 0.3) is 0 Å².